The van der Waals surface area contributed by atoms with Gasteiger partial charge in [-0.2, -0.15) is 5.26 Å². The van der Waals surface area contributed by atoms with Crippen molar-refractivity contribution < 1.29 is 4.79 Å². The number of hydrogen-bond acceptors (Lipinski definition) is 4. The second kappa shape index (κ2) is 9.53. The first kappa shape index (κ1) is 21.7. The predicted octanol–water partition coefficient (Wildman–Crippen LogP) is 4.14. The zero-order valence-corrected chi connectivity index (χ0v) is 18.0. The molecule has 146 valence electrons. The highest BCUT2D eigenvalue weighted by Crippen LogP contribution is 2.22. The number of nitrogens with one attached hydrogen (secondary N) is 3. The van der Waals surface area contributed by atoms with Crippen LogP contribution in [0.4, 0.5) is 5.69 Å². The van der Waals surface area contributed by atoms with Crippen LogP contribution in [0, 0.1) is 16.9 Å². The summed E-state index contributed by atoms with van der Waals surface area (Å²) in [6, 6.07) is 10.1. The van der Waals surface area contributed by atoms with Crippen LogP contribution in [0.15, 0.2) is 52.2 Å². The van der Waals surface area contributed by atoms with Crippen molar-refractivity contribution in [1.82, 2.24) is 15.6 Å². The highest BCUT2D eigenvalue weighted by atomic mass is 79.9. The number of hydrogen-bond donors (Lipinski definition) is 3. The second-order valence-corrected chi connectivity index (χ2v) is 8.12. The van der Waals surface area contributed by atoms with Gasteiger partial charge >= 0.3 is 0 Å². The van der Waals surface area contributed by atoms with Crippen molar-refractivity contribution in [3.63, 3.8) is 0 Å². The van der Waals surface area contributed by atoms with Crippen LogP contribution in [0.1, 0.15) is 31.1 Å². The Balaban J connectivity index is 2.28. The molecule has 1 atom stereocenters. The number of aliphatic imine (C=N–C) groups is 1. The zero-order chi connectivity index (χ0) is 20.7. The Morgan fingerprint density at radius 1 is 1.29 bits per heavy atom. The summed E-state index contributed by atoms with van der Waals surface area (Å²) >= 11 is 9.22. The molecule has 7 nitrogen and oxygen atoms in total. The minimum absolute atomic E-state index is 0.188. The molecule has 3 N–H and O–H groups in total. The normalized spacial score (nSPS) is 12.6. The number of benzene rings is 1. The molecule has 0 radical (unpaired) electrons. The highest BCUT2D eigenvalue weighted by Gasteiger charge is 2.27. The van der Waals surface area contributed by atoms with Gasteiger partial charge < -0.3 is 10.6 Å². The van der Waals surface area contributed by atoms with Crippen molar-refractivity contribution >= 4 is 45.1 Å². The molecule has 0 saturated carbocycles. The molecule has 0 aliphatic rings. The van der Waals surface area contributed by atoms with Gasteiger partial charge in [0.25, 0.3) is 5.91 Å². The number of pyridine rings is 1. The number of halogens is 2. The van der Waals surface area contributed by atoms with Crippen LogP contribution in [-0.2, 0) is 0 Å². The molecule has 2 aromatic rings. The van der Waals surface area contributed by atoms with Gasteiger partial charge in [-0.3, -0.25) is 10.1 Å². The molecule has 2 rings (SSSR count). The summed E-state index contributed by atoms with van der Waals surface area (Å²) in [7, 11) is 0. The van der Waals surface area contributed by atoms with Gasteiger partial charge in [0.05, 0.1) is 5.69 Å². The monoisotopic (exact) mass is 462 g/mol. The van der Waals surface area contributed by atoms with Gasteiger partial charge in [-0.1, -0.05) is 32.4 Å². The maximum absolute atomic E-state index is 12.6. The number of nitrogens with zero attached hydrogens (tertiary/aromatic N) is 3. The first-order chi connectivity index (χ1) is 13.2. The Morgan fingerprint density at radius 3 is 2.54 bits per heavy atom. The molecule has 0 fully saturated rings. The molecule has 9 heteroatoms. The Labute approximate surface area is 177 Å². The highest BCUT2D eigenvalue weighted by molar-refractivity contribution is 9.10. The molecular weight excluding hydrogens is 444 g/mol. The van der Waals surface area contributed by atoms with Crippen LogP contribution < -0.4 is 16.0 Å². The van der Waals surface area contributed by atoms with E-state index in [-0.39, 0.29) is 11.9 Å². The average molecular weight is 464 g/mol. The van der Waals surface area contributed by atoms with Gasteiger partial charge in [-0.15, -0.1) is 0 Å². The molecule has 0 aliphatic heterocycles. The number of anilines is 1. The van der Waals surface area contributed by atoms with Gasteiger partial charge in [0, 0.05) is 22.2 Å². The molecule has 0 bridgehead atoms. The van der Waals surface area contributed by atoms with Crippen LogP contribution in [0.3, 0.4) is 0 Å². The van der Waals surface area contributed by atoms with E-state index in [1.807, 2.05) is 27.0 Å². The van der Waals surface area contributed by atoms with Crippen molar-refractivity contribution in [3.8, 4) is 6.19 Å². The molecular formula is C19H20BrClN6O. The van der Waals surface area contributed by atoms with E-state index in [4.69, 9.17) is 16.9 Å². The molecule has 0 aliphatic carbocycles. The number of carbonyl (C=O) groups is 1. The van der Waals surface area contributed by atoms with E-state index in [0.717, 1.165) is 0 Å². The third-order valence-corrected chi connectivity index (χ3v) is 4.52. The van der Waals surface area contributed by atoms with Crippen molar-refractivity contribution in [3.05, 3.63) is 57.8 Å². The fourth-order valence-electron chi connectivity index (χ4n) is 2.14. The quantitative estimate of drug-likeness (QED) is 0.208. The van der Waals surface area contributed by atoms with E-state index in [0.29, 0.717) is 20.9 Å². The minimum Gasteiger partial charge on any atom is -0.330 e. The van der Waals surface area contributed by atoms with Crippen LogP contribution in [0.25, 0.3) is 0 Å². The van der Waals surface area contributed by atoms with E-state index in [1.54, 1.807) is 42.6 Å². The maximum atomic E-state index is 12.6. The predicted molar refractivity (Wildman–Crippen MR) is 114 cm³/mol. The molecule has 1 unspecified atom stereocenters. The molecule has 1 amide bonds. The maximum Gasteiger partial charge on any atom is 0.252 e. The van der Waals surface area contributed by atoms with Crippen LogP contribution >= 0.6 is 27.5 Å². The zero-order valence-electron chi connectivity index (χ0n) is 15.6. The number of carbonyl (C=O) groups excluding carboxylic acids is 1. The van der Waals surface area contributed by atoms with Crippen LogP contribution in [0.5, 0.6) is 0 Å². The fraction of sp³-hybridized carbons (Fsp3) is 0.263. The topological polar surface area (TPSA) is 102 Å². The van der Waals surface area contributed by atoms with Crippen LogP contribution in [-0.4, -0.2) is 23.0 Å². The van der Waals surface area contributed by atoms with Crippen molar-refractivity contribution in [1.29, 1.82) is 5.26 Å². The summed E-state index contributed by atoms with van der Waals surface area (Å²) in [5, 5.41) is 18.0. The smallest absolute Gasteiger partial charge is 0.252 e. The summed E-state index contributed by atoms with van der Waals surface area (Å²) in [6.07, 6.45) is 2.87. The Morgan fingerprint density at radius 2 is 1.96 bits per heavy atom. The summed E-state index contributed by atoms with van der Waals surface area (Å²) in [4.78, 5) is 21.3. The minimum atomic E-state index is -0.616. The SMILES string of the molecule is CC(C)(C)C(N=C(NC#N)Nc1cccnc1Br)NC(=O)c1ccc(Cl)cc1. The third-order valence-electron chi connectivity index (χ3n) is 3.64. The van der Waals surface area contributed by atoms with Crippen molar-refractivity contribution in [2.75, 3.05) is 5.32 Å². The fourth-order valence-corrected chi connectivity index (χ4v) is 2.61. The summed E-state index contributed by atoms with van der Waals surface area (Å²) in [6.45, 7) is 5.81. The Kier molecular flexibility index (Phi) is 7.38. The number of aromatic nitrogens is 1. The third kappa shape index (κ3) is 6.22. The molecule has 1 heterocycles. The van der Waals surface area contributed by atoms with E-state index in [9.17, 15) is 4.79 Å². The first-order valence-corrected chi connectivity index (χ1v) is 9.54. The summed E-state index contributed by atoms with van der Waals surface area (Å²) in [5.74, 6) is -0.105. The lowest BCUT2D eigenvalue weighted by Crippen LogP contribution is -2.44. The number of nitriles is 1. The number of rotatable bonds is 4. The lowest BCUT2D eigenvalue weighted by Gasteiger charge is -2.29. The lowest BCUT2D eigenvalue weighted by molar-refractivity contribution is 0.0906. The lowest BCUT2D eigenvalue weighted by atomic mass is 9.92. The van der Waals surface area contributed by atoms with Gasteiger partial charge in [0.1, 0.15) is 10.8 Å². The summed E-state index contributed by atoms with van der Waals surface area (Å²) in [5.41, 5.74) is 0.672. The largest absolute Gasteiger partial charge is 0.330 e. The van der Waals surface area contributed by atoms with Gasteiger partial charge in [-0.05, 0) is 52.3 Å². The van der Waals surface area contributed by atoms with Crippen molar-refractivity contribution in [2.45, 2.75) is 26.9 Å². The molecule has 1 aromatic carbocycles. The van der Waals surface area contributed by atoms with E-state index < -0.39 is 11.6 Å². The molecule has 0 spiro atoms. The van der Waals surface area contributed by atoms with Gasteiger partial charge in [0.15, 0.2) is 6.19 Å². The average Bonchev–Trinajstić information content (AvgIpc) is 2.63. The molecule has 0 saturated heterocycles. The Bertz CT molecular complexity index is 902. The van der Waals surface area contributed by atoms with E-state index >= 15 is 0 Å². The second-order valence-electron chi connectivity index (χ2n) is 6.93. The van der Waals surface area contributed by atoms with Gasteiger partial charge in [0.2, 0.25) is 5.96 Å². The number of amides is 1. The van der Waals surface area contributed by atoms with E-state index in [2.05, 4.69) is 41.9 Å². The van der Waals surface area contributed by atoms with Gasteiger partial charge in [-0.25, -0.2) is 9.98 Å². The first-order valence-electron chi connectivity index (χ1n) is 8.37. The molecule has 28 heavy (non-hydrogen) atoms. The summed E-state index contributed by atoms with van der Waals surface area (Å²) < 4.78 is 0.569. The van der Waals surface area contributed by atoms with Crippen LogP contribution in [0.2, 0.25) is 5.02 Å². The number of guanidine groups is 1. The van der Waals surface area contributed by atoms with Crippen molar-refractivity contribution in [2.24, 2.45) is 10.4 Å². The Hall–Kier alpha value is -2.63. The molecule has 1 aromatic heterocycles. The standard InChI is InChI=1S/C19H20BrClN6O/c1-19(2,3)17(26-16(28)12-6-8-13(21)9-7-12)27-18(24-11-22)25-14-5-4-10-23-15(14)20/h4-10,17H,1-3H3,(H,26,28)(H2,24,25,27). The van der Waals surface area contributed by atoms with E-state index in [1.165, 1.54) is 0 Å².